The zero-order valence-electron chi connectivity index (χ0n) is 19.7. The van der Waals surface area contributed by atoms with Gasteiger partial charge in [0, 0.05) is 31.2 Å². The summed E-state index contributed by atoms with van der Waals surface area (Å²) in [4.78, 5) is 32.6. The number of benzene rings is 3. The summed E-state index contributed by atoms with van der Waals surface area (Å²) in [6.45, 7) is 4.03. The second kappa shape index (κ2) is 8.98. The van der Waals surface area contributed by atoms with Crippen molar-refractivity contribution in [1.29, 1.82) is 0 Å². The molecule has 0 radical (unpaired) electrons. The van der Waals surface area contributed by atoms with Crippen LogP contribution in [0.25, 0.3) is 0 Å². The Morgan fingerprint density at radius 3 is 2.06 bits per heavy atom. The highest BCUT2D eigenvalue weighted by Crippen LogP contribution is 2.36. The highest BCUT2D eigenvalue weighted by Gasteiger charge is 2.42. The molecule has 1 unspecified atom stereocenters. The van der Waals surface area contributed by atoms with Crippen LogP contribution in [-0.4, -0.2) is 39.6 Å². The summed E-state index contributed by atoms with van der Waals surface area (Å²) in [6, 6.07) is 20.1. The van der Waals surface area contributed by atoms with E-state index in [1.807, 2.05) is 87.4 Å². The number of nitrogens with zero attached hydrogens (tertiary/aromatic N) is 3. The monoisotopic (exact) mass is 443 g/mol. The molecule has 33 heavy (non-hydrogen) atoms. The molecule has 3 aromatic carbocycles. The maximum atomic E-state index is 13.9. The van der Waals surface area contributed by atoms with Gasteiger partial charge >= 0.3 is 0 Å². The van der Waals surface area contributed by atoms with Gasteiger partial charge in [-0.1, -0.05) is 18.2 Å². The number of aryl methyl sites for hydroxylation is 2. The number of carbonyl (C=O) groups is 2. The number of ether oxygens (including phenoxy) is 1. The number of piperazine rings is 1. The molecule has 6 nitrogen and oxygen atoms in total. The van der Waals surface area contributed by atoms with E-state index in [0.29, 0.717) is 11.4 Å². The summed E-state index contributed by atoms with van der Waals surface area (Å²) in [5.74, 6) is 0.420. The second-order valence-corrected chi connectivity index (χ2v) is 8.54. The van der Waals surface area contributed by atoms with Crippen LogP contribution in [0.4, 0.5) is 17.1 Å². The van der Waals surface area contributed by atoms with Gasteiger partial charge < -0.3 is 14.5 Å². The zero-order valence-corrected chi connectivity index (χ0v) is 19.7. The fourth-order valence-corrected chi connectivity index (χ4v) is 4.09. The summed E-state index contributed by atoms with van der Waals surface area (Å²) in [5, 5.41) is 0. The van der Waals surface area contributed by atoms with Crippen molar-refractivity contribution in [1.82, 2.24) is 0 Å². The molecular weight excluding hydrogens is 414 g/mol. The van der Waals surface area contributed by atoms with E-state index < -0.39 is 6.04 Å². The molecular formula is C27H29N3O3. The number of carbonyl (C=O) groups excluding carboxylic acids is 2. The molecule has 0 spiro atoms. The number of amides is 2. The lowest BCUT2D eigenvalue weighted by Gasteiger charge is -2.40. The minimum atomic E-state index is -0.766. The van der Waals surface area contributed by atoms with Crippen molar-refractivity contribution in [2.45, 2.75) is 19.9 Å². The summed E-state index contributed by atoms with van der Waals surface area (Å²) < 4.78 is 5.26. The summed E-state index contributed by atoms with van der Waals surface area (Å²) >= 11 is 0. The highest BCUT2D eigenvalue weighted by molar-refractivity contribution is 6.14. The first-order valence-corrected chi connectivity index (χ1v) is 10.9. The Morgan fingerprint density at radius 2 is 1.48 bits per heavy atom. The Kier molecular flexibility index (Phi) is 6.09. The average molecular weight is 444 g/mol. The van der Waals surface area contributed by atoms with Gasteiger partial charge in [-0.2, -0.15) is 0 Å². The molecule has 2 amide bonds. The third kappa shape index (κ3) is 4.29. The topological polar surface area (TPSA) is 53.1 Å². The number of hydrogen-bond donors (Lipinski definition) is 0. The van der Waals surface area contributed by atoms with E-state index in [-0.39, 0.29) is 18.4 Å². The number of methoxy groups -OCH3 is 1. The van der Waals surface area contributed by atoms with E-state index in [2.05, 4.69) is 0 Å². The van der Waals surface area contributed by atoms with Crippen molar-refractivity contribution in [2.75, 3.05) is 42.4 Å². The lowest BCUT2D eigenvalue weighted by molar-refractivity contribution is -0.128. The minimum absolute atomic E-state index is 0.0142. The van der Waals surface area contributed by atoms with Gasteiger partial charge in [-0.05, 0) is 79.1 Å². The van der Waals surface area contributed by atoms with Crippen LogP contribution >= 0.6 is 0 Å². The Hall–Kier alpha value is -3.80. The summed E-state index contributed by atoms with van der Waals surface area (Å²) in [5.41, 5.74) is 5.41. The molecule has 1 heterocycles. The molecule has 0 N–H and O–H groups in total. The molecule has 4 rings (SSSR count). The van der Waals surface area contributed by atoms with Crippen LogP contribution in [0.15, 0.2) is 66.7 Å². The van der Waals surface area contributed by atoms with Gasteiger partial charge in [-0.25, -0.2) is 0 Å². The number of hydrogen-bond acceptors (Lipinski definition) is 4. The third-order valence-electron chi connectivity index (χ3n) is 6.20. The first-order valence-electron chi connectivity index (χ1n) is 10.9. The fourth-order valence-electron chi connectivity index (χ4n) is 4.09. The van der Waals surface area contributed by atoms with Crippen LogP contribution in [0.3, 0.4) is 0 Å². The quantitative estimate of drug-likeness (QED) is 0.583. The smallest absolute Gasteiger partial charge is 0.255 e. The molecule has 3 aromatic rings. The van der Waals surface area contributed by atoms with E-state index in [0.717, 1.165) is 28.1 Å². The molecule has 1 atom stereocenters. The van der Waals surface area contributed by atoms with Gasteiger partial charge in [0.15, 0.2) is 0 Å². The van der Waals surface area contributed by atoms with Gasteiger partial charge in [0.25, 0.3) is 5.91 Å². The summed E-state index contributed by atoms with van der Waals surface area (Å²) in [7, 11) is 5.53. The van der Waals surface area contributed by atoms with E-state index in [9.17, 15) is 9.59 Å². The number of anilines is 3. The summed E-state index contributed by atoms with van der Waals surface area (Å²) in [6.07, 6.45) is 0. The van der Waals surface area contributed by atoms with Crippen LogP contribution < -0.4 is 19.4 Å². The first kappa shape index (κ1) is 22.4. The van der Waals surface area contributed by atoms with Gasteiger partial charge in [-0.15, -0.1) is 0 Å². The standard InChI is InChI=1S/C27H29N3O3/c1-18-6-9-23(16-19(18)2)29-17-25(31)30(22-12-14-24(33-5)15-13-22)26(27(29)32)20-7-10-21(11-8-20)28(3)4/h6-16,26H,17H2,1-5H3. The molecule has 1 fully saturated rings. The Bertz CT molecular complexity index is 1170. The Labute approximate surface area is 195 Å². The third-order valence-corrected chi connectivity index (χ3v) is 6.20. The highest BCUT2D eigenvalue weighted by atomic mass is 16.5. The normalized spacial score (nSPS) is 16.2. The van der Waals surface area contributed by atoms with Crippen molar-refractivity contribution in [3.8, 4) is 5.75 Å². The van der Waals surface area contributed by atoms with Crippen molar-refractivity contribution in [3.05, 3.63) is 83.4 Å². The average Bonchev–Trinajstić information content (AvgIpc) is 2.82. The predicted molar refractivity (Wildman–Crippen MR) is 132 cm³/mol. The van der Waals surface area contributed by atoms with E-state index in [4.69, 9.17) is 4.74 Å². The van der Waals surface area contributed by atoms with E-state index >= 15 is 0 Å². The second-order valence-electron chi connectivity index (χ2n) is 8.54. The van der Waals surface area contributed by atoms with Crippen molar-refractivity contribution >= 4 is 28.9 Å². The molecule has 0 aliphatic carbocycles. The Balaban J connectivity index is 1.79. The van der Waals surface area contributed by atoms with Crippen LogP contribution in [0.2, 0.25) is 0 Å². The van der Waals surface area contributed by atoms with Crippen molar-refractivity contribution in [3.63, 3.8) is 0 Å². The van der Waals surface area contributed by atoms with Crippen molar-refractivity contribution in [2.24, 2.45) is 0 Å². The van der Waals surface area contributed by atoms with Crippen LogP contribution in [-0.2, 0) is 9.59 Å². The first-order chi connectivity index (χ1) is 15.8. The molecule has 0 saturated carbocycles. The predicted octanol–water partition coefficient (Wildman–Crippen LogP) is 4.50. The zero-order chi connectivity index (χ0) is 23.7. The largest absolute Gasteiger partial charge is 0.497 e. The molecule has 1 aliphatic rings. The molecule has 170 valence electrons. The Morgan fingerprint density at radius 1 is 0.848 bits per heavy atom. The maximum absolute atomic E-state index is 13.9. The van der Waals surface area contributed by atoms with Crippen LogP contribution in [0.5, 0.6) is 5.75 Å². The lowest BCUT2D eigenvalue weighted by atomic mass is 9.98. The molecule has 6 heteroatoms. The molecule has 0 bridgehead atoms. The van der Waals surface area contributed by atoms with E-state index in [1.165, 1.54) is 0 Å². The van der Waals surface area contributed by atoms with Gasteiger partial charge in [0.2, 0.25) is 5.91 Å². The van der Waals surface area contributed by atoms with Gasteiger partial charge in [0.05, 0.1) is 7.11 Å². The van der Waals surface area contributed by atoms with E-state index in [1.54, 1.807) is 29.0 Å². The van der Waals surface area contributed by atoms with Gasteiger partial charge in [0.1, 0.15) is 18.3 Å². The fraction of sp³-hybridized carbons (Fsp3) is 0.259. The number of rotatable bonds is 5. The minimum Gasteiger partial charge on any atom is -0.497 e. The van der Waals surface area contributed by atoms with Crippen LogP contribution in [0, 0.1) is 13.8 Å². The lowest BCUT2D eigenvalue weighted by Crippen LogP contribution is -2.56. The maximum Gasteiger partial charge on any atom is 0.255 e. The SMILES string of the molecule is COc1ccc(N2C(=O)CN(c3ccc(C)c(C)c3)C(=O)C2c2ccc(N(C)C)cc2)cc1. The van der Waals surface area contributed by atoms with Crippen molar-refractivity contribution < 1.29 is 14.3 Å². The van der Waals surface area contributed by atoms with Gasteiger partial charge in [-0.3, -0.25) is 14.5 Å². The molecule has 0 aromatic heterocycles. The molecule has 1 saturated heterocycles. The molecule has 1 aliphatic heterocycles. The van der Waals surface area contributed by atoms with Crippen LogP contribution in [0.1, 0.15) is 22.7 Å².